The number of anilines is 2. The number of nitrogens with two attached hydrogens (primary N) is 1. The van der Waals surface area contributed by atoms with Crippen LogP contribution in [0.5, 0.6) is 0 Å². The number of pyridine rings is 1. The second-order valence-corrected chi connectivity index (χ2v) is 10.5. The number of carbonyl (C=O) groups is 2. The van der Waals surface area contributed by atoms with Gasteiger partial charge in [-0.2, -0.15) is 0 Å². The molecule has 0 aliphatic carbocycles. The van der Waals surface area contributed by atoms with Crippen molar-refractivity contribution in [1.82, 2.24) is 19.7 Å². The second kappa shape index (κ2) is 12.8. The topological polar surface area (TPSA) is 94.8 Å². The summed E-state index contributed by atoms with van der Waals surface area (Å²) in [5.41, 5.74) is 10.5. The van der Waals surface area contributed by atoms with Crippen LogP contribution in [0.25, 0.3) is 0 Å². The van der Waals surface area contributed by atoms with E-state index >= 15 is 0 Å². The van der Waals surface area contributed by atoms with Crippen molar-refractivity contribution in [3.05, 3.63) is 75.7 Å². The molecule has 0 radical (unpaired) electrons. The first-order chi connectivity index (χ1) is 17.9. The third kappa shape index (κ3) is 7.85. The van der Waals surface area contributed by atoms with Crippen molar-refractivity contribution in [1.29, 1.82) is 0 Å². The molecule has 2 amide bonds. The van der Waals surface area contributed by atoms with Gasteiger partial charge >= 0.3 is 6.03 Å². The predicted octanol–water partition coefficient (Wildman–Crippen LogP) is 4.13. The van der Waals surface area contributed by atoms with Crippen molar-refractivity contribution < 1.29 is 9.59 Å². The van der Waals surface area contributed by atoms with Gasteiger partial charge in [-0.05, 0) is 67.2 Å². The molecule has 0 spiro atoms. The van der Waals surface area contributed by atoms with Crippen LogP contribution < -0.4 is 11.1 Å². The standard InChI is InChI=1S/C28H36N6O2S/c1-21-5-3-6-24(15-21)31-28(36)34(10-4-9-33-13-11-32(2)12-14-33)18-22-7-8-26(30-17-22)27(35)16-23-19-37-20-25(23)29/h3,5-8,15,17,19-20H,4,9-14,16,18,29H2,1-2H3,(H,31,36). The van der Waals surface area contributed by atoms with Gasteiger partial charge in [-0.3, -0.25) is 9.78 Å². The zero-order chi connectivity index (χ0) is 26.2. The highest BCUT2D eigenvalue weighted by atomic mass is 32.1. The summed E-state index contributed by atoms with van der Waals surface area (Å²) in [7, 11) is 2.15. The Morgan fingerprint density at radius 2 is 1.95 bits per heavy atom. The fraction of sp³-hybridized carbons (Fsp3) is 0.393. The molecule has 1 aliphatic heterocycles. The van der Waals surface area contributed by atoms with Crippen LogP contribution in [0.3, 0.4) is 0 Å². The van der Waals surface area contributed by atoms with Gasteiger partial charge in [0, 0.05) is 68.6 Å². The van der Waals surface area contributed by atoms with Crippen LogP contribution >= 0.6 is 11.3 Å². The smallest absolute Gasteiger partial charge is 0.322 e. The lowest BCUT2D eigenvalue weighted by atomic mass is 10.1. The largest absolute Gasteiger partial charge is 0.398 e. The second-order valence-electron chi connectivity index (χ2n) is 9.72. The van der Waals surface area contributed by atoms with E-state index in [9.17, 15) is 9.59 Å². The minimum absolute atomic E-state index is 0.0714. The van der Waals surface area contributed by atoms with Crippen molar-refractivity contribution in [2.45, 2.75) is 26.3 Å². The van der Waals surface area contributed by atoms with Crippen LogP contribution in [-0.2, 0) is 13.0 Å². The zero-order valence-electron chi connectivity index (χ0n) is 21.7. The molecule has 0 saturated carbocycles. The Hall–Kier alpha value is -3.27. The number of rotatable bonds is 10. The van der Waals surface area contributed by atoms with E-state index in [0.717, 1.165) is 61.5 Å². The van der Waals surface area contributed by atoms with Crippen molar-refractivity contribution in [2.75, 3.05) is 57.4 Å². The summed E-state index contributed by atoms with van der Waals surface area (Å²) in [6, 6.07) is 11.3. The lowest BCUT2D eigenvalue weighted by Gasteiger charge is -2.33. The van der Waals surface area contributed by atoms with Gasteiger partial charge in [-0.1, -0.05) is 18.2 Å². The highest BCUT2D eigenvalue weighted by molar-refractivity contribution is 7.08. The number of carbonyl (C=O) groups excluding carboxylic acids is 2. The van der Waals surface area contributed by atoms with Crippen molar-refractivity contribution in [3.8, 4) is 0 Å². The van der Waals surface area contributed by atoms with Crippen LogP contribution in [0.2, 0.25) is 0 Å². The van der Waals surface area contributed by atoms with Gasteiger partial charge < -0.3 is 25.8 Å². The molecule has 4 rings (SSSR count). The Labute approximate surface area is 223 Å². The van der Waals surface area contributed by atoms with E-state index in [4.69, 9.17) is 5.73 Å². The van der Waals surface area contributed by atoms with Gasteiger partial charge in [-0.15, -0.1) is 11.3 Å². The van der Waals surface area contributed by atoms with Crippen LogP contribution in [0.1, 0.15) is 33.6 Å². The van der Waals surface area contributed by atoms with E-state index in [0.29, 0.717) is 24.5 Å². The Morgan fingerprint density at radius 1 is 1.14 bits per heavy atom. The molecule has 2 aromatic heterocycles. The first-order valence-electron chi connectivity index (χ1n) is 12.7. The molecule has 0 atom stereocenters. The van der Waals surface area contributed by atoms with E-state index in [1.165, 1.54) is 11.3 Å². The number of hydrogen-bond donors (Lipinski definition) is 2. The Morgan fingerprint density at radius 3 is 2.62 bits per heavy atom. The summed E-state index contributed by atoms with van der Waals surface area (Å²) in [5.74, 6) is -0.0714. The highest BCUT2D eigenvalue weighted by Gasteiger charge is 2.18. The number of aryl methyl sites for hydroxylation is 1. The quantitative estimate of drug-likeness (QED) is 0.391. The third-order valence-electron chi connectivity index (χ3n) is 6.67. The molecule has 9 heteroatoms. The van der Waals surface area contributed by atoms with Crippen LogP contribution in [0.15, 0.2) is 53.4 Å². The van der Waals surface area contributed by atoms with Gasteiger partial charge in [-0.25, -0.2) is 4.79 Å². The molecule has 3 heterocycles. The molecule has 1 fully saturated rings. The summed E-state index contributed by atoms with van der Waals surface area (Å²) in [6.07, 6.45) is 2.81. The molecule has 8 nitrogen and oxygen atoms in total. The van der Waals surface area contributed by atoms with Crippen molar-refractivity contribution >= 4 is 34.5 Å². The number of amides is 2. The maximum Gasteiger partial charge on any atom is 0.322 e. The number of nitrogen functional groups attached to an aromatic ring is 1. The molecule has 3 N–H and O–H groups in total. The van der Waals surface area contributed by atoms with E-state index in [1.54, 1.807) is 12.3 Å². The van der Waals surface area contributed by atoms with Crippen LogP contribution in [-0.4, -0.2) is 77.8 Å². The molecule has 0 unspecified atom stereocenters. The minimum atomic E-state index is -0.142. The molecular formula is C28H36N6O2S. The van der Waals surface area contributed by atoms with Crippen molar-refractivity contribution in [3.63, 3.8) is 0 Å². The van der Waals surface area contributed by atoms with Gasteiger partial charge in [0.25, 0.3) is 0 Å². The predicted molar refractivity (Wildman–Crippen MR) is 150 cm³/mol. The van der Waals surface area contributed by atoms with E-state index < -0.39 is 0 Å². The number of aromatic nitrogens is 1. The lowest BCUT2D eigenvalue weighted by Crippen LogP contribution is -2.45. The first kappa shape index (κ1) is 26.8. The molecule has 37 heavy (non-hydrogen) atoms. The van der Waals surface area contributed by atoms with Gasteiger partial charge in [0.05, 0.1) is 0 Å². The molecule has 1 aliphatic rings. The van der Waals surface area contributed by atoms with Gasteiger partial charge in [0.15, 0.2) is 5.78 Å². The molecule has 1 saturated heterocycles. The fourth-order valence-corrected chi connectivity index (χ4v) is 5.13. The molecular weight excluding hydrogens is 484 g/mol. The number of nitrogens with one attached hydrogen (secondary N) is 1. The van der Waals surface area contributed by atoms with E-state index in [1.807, 2.05) is 52.9 Å². The zero-order valence-corrected chi connectivity index (χ0v) is 22.5. The van der Waals surface area contributed by atoms with Gasteiger partial charge in [0.2, 0.25) is 0 Å². The average molecular weight is 521 g/mol. The Kier molecular flexibility index (Phi) is 9.27. The van der Waals surface area contributed by atoms with Crippen LogP contribution in [0.4, 0.5) is 16.2 Å². The summed E-state index contributed by atoms with van der Waals surface area (Å²) < 4.78 is 0. The minimum Gasteiger partial charge on any atom is -0.398 e. The number of likely N-dealkylation sites (N-methyl/N-ethyl adjacent to an activating group) is 1. The van der Waals surface area contributed by atoms with E-state index in [2.05, 4.69) is 27.1 Å². The number of Topliss-reactive ketones (excluding diaryl/α,β-unsaturated/α-hetero) is 1. The molecule has 3 aromatic rings. The average Bonchev–Trinajstić information content (AvgIpc) is 3.29. The molecule has 1 aromatic carbocycles. The fourth-order valence-electron chi connectivity index (χ4n) is 4.38. The monoisotopic (exact) mass is 520 g/mol. The highest BCUT2D eigenvalue weighted by Crippen LogP contribution is 2.19. The number of nitrogens with zero attached hydrogens (tertiary/aromatic N) is 4. The van der Waals surface area contributed by atoms with Crippen LogP contribution in [0, 0.1) is 6.92 Å². The Bertz CT molecular complexity index is 1190. The molecule has 0 bridgehead atoms. The van der Waals surface area contributed by atoms with Crippen molar-refractivity contribution in [2.24, 2.45) is 0 Å². The maximum atomic E-state index is 13.2. The number of piperazine rings is 1. The number of ketones is 1. The normalized spacial score (nSPS) is 14.4. The third-order valence-corrected chi connectivity index (χ3v) is 7.48. The summed E-state index contributed by atoms with van der Waals surface area (Å²) >= 11 is 1.49. The van der Waals surface area contributed by atoms with E-state index in [-0.39, 0.29) is 18.2 Å². The number of thiophene rings is 1. The summed E-state index contributed by atoms with van der Waals surface area (Å²) in [4.78, 5) is 36.9. The van der Waals surface area contributed by atoms with Gasteiger partial charge in [0.1, 0.15) is 5.69 Å². The number of urea groups is 1. The SMILES string of the molecule is Cc1cccc(NC(=O)N(CCCN2CCN(C)CC2)Cc2ccc(C(=O)Cc3cscc3N)nc2)c1. The first-order valence-corrected chi connectivity index (χ1v) is 13.6. The Balaban J connectivity index is 1.39. The number of benzene rings is 1. The summed E-state index contributed by atoms with van der Waals surface area (Å²) in [6.45, 7) is 8.27. The lowest BCUT2D eigenvalue weighted by molar-refractivity contribution is 0.0988. The maximum absolute atomic E-state index is 13.2. The summed E-state index contributed by atoms with van der Waals surface area (Å²) in [5, 5.41) is 6.77. The number of hydrogen-bond acceptors (Lipinski definition) is 7. The molecule has 196 valence electrons.